The Bertz CT molecular complexity index is 772. The summed E-state index contributed by atoms with van der Waals surface area (Å²) in [6.07, 6.45) is 2.18. The molecule has 0 aliphatic carbocycles. The summed E-state index contributed by atoms with van der Waals surface area (Å²) in [5, 5.41) is 1.05. The number of ketones is 1. The van der Waals surface area contributed by atoms with Crippen molar-refractivity contribution in [1.82, 2.24) is 4.98 Å². The van der Waals surface area contributed by atoms with Gasteiger partial charge in [0.05, 0.1) is 5.52 Å². The predicted octanol–water partition coefficient (Wildman–Crippen LogP) is 3.97. The minimum Gasteiger partial charge on any atom is -0.294 e. The summed E-state index contributed by atoms with van der Waals surface area (Å²) >= 11 is 0. The molecule has 0 atom stereocenters. The van der Waals surface area contributed by atoms with Gasteiger partial charge in [0.1, 0.15) is 0 Å². The maximum atomic E-state index is 12.5. The number of carbonyl (C=O) groups is 1. The van der Waals surface area contributed by atoms with E-state index in [1.165, 1.54) is 0 Å². The SMILES string of the molecule is Cc1ccccc1C(=O)Cc1ccnc2ccccc12. The molecule has 0 saturated heterocycles. The predicted molar refractivity (Wildman–Crippen MR) is 81.0 cm³/mol. The van der Waals surface area contributed by atoms with Gasteiger partial charge in [0.15, 0.2) is 5.78 Å². The summed E-state index contributed by atoms with van der Waals surface area (Å²) in [4.78, 5) is 16.8. The fraction of sp³-hybridized carbons (Fsp3) is 0.111. The largest absolute Gasteiger partial charge is 0.294 e. The highest BCUT2D eigenvalue weighted by molar-refractivity contribution is 6.00. The Morgan fingerprint density at radius 3 is 2.60 bits per heavy atom. The standard InChI is InChI=1S/C18H15NO/c1-13-6-2-3-7-15(13)18(20)12-14-10-11-19-17-9-5-4-8-16(14)17/h2-11H,12H2,1H3. The third-order valence-electron chi connectivity index (χ3n) is 3.54. The first-order chi connectivity index (χ1) is 9.75. The minimum atomic E-state index is 0.152. The van der Waals surface area contributed by atoms with Crippen LogP contribution in [0.5, 0.6) is 0 Å². The second kappa shape index (κ2) is 5.25. The first-order valence-corrected chi connectivity index (χ1v) is 6.67. The maximum Gasteiger partial charge on any atom is 0.167 e. The van der Waals surface area contributed by atoms with Crippen LogP contribution in [-0.4, -0.2) is 10.8 Å². The van der Waals surface area contributed by atoms with E-state index in [1.807, 2.05) is 61.5 Å². The first kappa shape index (κ1) is 12.5. The van der Waals surface area contributed by atoms with Gasteiger partial charge in [0, 0.05) is 23.6 Å². The highest BCUT2D eigenvalue weighted by Gasteiger charge is 2.11. The van der Waals surface area contributed by atoms with Crippen LogP contribution >= 0.6 is 0 Å². The molecule has 0 aliphatic heterocycles. The summed E-state index contributed by atoms with van der Waals surface area (Å²) in [6, 6.07) is 17.6. The number of aromatic nitrogens is 1. The number of para-hydroxylation sites is 1. The molecule has 3 aromatic rings. The van der Waals surface area contributed by atoms with Gasteiger partial charge in [-0.2, -0.15) is 0 Å². The van der Waals surface area contributed by atoms with Crippen molar-refractivity contribution in [3.8, 4) is 0 Å². The van der Waals surface area contributed by atoms with Gasteiger partial charge in [-0.05, 0) is 30.2 Å². The lowest BCUT2D eigenvalue weighted by Crippen LogP contribution is -2.06. The second-order valence-electron chi connectivity index (χ2n) is 4.90. The number of hydrogen-bond acceptors (Lipinski definition) is 2. The Morgan fingerprint density at radius 1 is 1.00 bits per heavy atom. The van der Waals surface area contributed by atoms with Gasteiger partial charge in [-0.1, -0.05) is 42.5 Å². The average Bonchev–Trinajstić information content (AvgIpc) is 2.48. The number of rotatable bonds is 3. The fourth-order valence-corrected chi connectivity index (χ4v) is 2.46. The molecule has 98 valence electrons. The lowest BCUT2D eigenvalue weighted by atomic mass is 9.97. The van der Waals surface area contributed by atoms with Crippen LogP contribution in [0, 0.1) is 6.92 Å². The number of Topliss-reactive ketones (excluding diaryl/α,β-unsaturated/α-hetero) is 1. The molecule has 0 unspecified atom stereocenters. The van der Waals surface area contributed by atoms with Crippen molar-refractivity contribution >= 4 is 16.7 Å². The lowest BCUT2D eigenvalue weighted by Gasteiger charge is -2.07. The van der Waals surface area contributed by atoms with Crippen molar-refractivity contribution in [3.63, 3.8) is 0 Å². The van der Waals surface area contributed by atoms with Gasteiger partial charge in [0.25, 0.3) is 0 Å². The molecule has 0 aliphatic rings. The van der Waals surface area contributed by atoms with E-state index in [-0.39, 0.29) is 5.78 Å². The molecule has 0 fully saturated rings. The molecule has 20 heavy (non-hydrogen) atoms. The molecule has 0 N–H and O–H groups in total. The molecular formula is C18H15NO. The Labute approximate surface area is 118 Å². The van der Waals surface area contributed by atoms with Gasteiger partial charge < -0.3 is 0 Å². The van der Waals surface area contributed by atoms with E-state index in [1.54, 1.807) is 6.20 Å². The molecule has 0 amide bonds. The topological polar surface area (TPSA) is 30.0 Å². The quantitative estimate of drug-likeness (QED) is 0.668. The molecule has 3 rings (SSSR count). The van der Waals surface area contributed by atoms with E-state index < -0.39 is 0 Å². The van der Waals surface area contributed by atoms with E-state index in [0.717, 1.165) is 27.6 Å². The van der Waals surface area contributed by atoms with Gasteiger partial charge in [-0.15, -0.1) is 0 Å². The maximum absolute atomic E-state index is 12.5. The number of nitrogens with zero attached hydrogens (tertiary/aromatic N) is 1. The van der Waals surface area contributed by atoms with Gasteiger partial charge in [0.2, 0.25) is 0 Å². The number of benzene rings is 2. The normalized spacial score (nSPS) is 10.7. The number of hydrogen-bond donors (Lipinski definition) is 0. The second-order valence-corrected chi connectivity index (χ2v) is 4.90. The molecule has 0 radical (unpaired) electrons. The van der Waals surface area contributed by atoms with Gasteiger partial charge in [-0.3, -0.25) is 9.78 Å². The Morgan fingerprint density at radius 2 is 1.75 bits per heavy atom. The van der Waals surface area contributed by atoms with Crippen LogP contribution in [0.1, 0.15) is 21.5 Å². The minimum absolute atomic E-state index is 0.152. The highest BCUT2D eigenvalue weighted by atomic mass is 16.1. The summed E-state index contributed by atoms with van der Waals surface area (Å²) in [6.45, 7) is 1.97. The molecule has 0 bridgehead atoms. The zero-order valence-corrected chi connectivity index (χ0v) is 11.3. The Balaban J connectivity index is 1.98. The van der Waals surface area contributed by atoms with Crippen LogP contribution in [0.2, 0.25) is 0 Å². The zero-order chi connectivity index (χ0) is 13.9. The smallest absolute Gasteiger partial charge is 0.167 e. The monoisotopic (exact) mass is 261 g/mol. The Kier molecular flexibility index (Phi) is 3.30. The van der Waals surface area contributed by atoms with Crippen LogP contribution in [0.15, 0.2) is 60.8 Å². The van der Waals surface area contributed by atoms with Crippen molar-refractivity contribution < 1.29 is 4.79 Å². The first-order valence-electron chi connectivity index (χ1n) is 6.67. The molecule has 2 heteroatoms. The number of pyridine rings is 1. The molecule has 2 aromatic carbocycles. The van der Waals surface area contributed by atoms with Crippen molar-refractivity contribution in [2.45, 2.75) is 13.3 Å². The summed E-state index contributed by atoms with van der Waals surface area (Å²) in [5.74, 6) is 0.152. The third kappa shape index (κ3) is 2.32. The van der Waals surface area contributed by atoms with Crippen LogP contribution < -0.4 is 0 Å². The molecule has 1 aromatic heterocycles. The zero-order valence-electron chi connectivity index (χ0n) is 11.3. The van der Waals surface area contributed by atoms with E-state index in [4.69, 9.17) is 0 Å². The molecule has 2 nitrogen and oxygen atoms in total. The summed E-state index contributed by atoms with van der Waals surface area (Å²) in [7, 11) is 0. The van der Waals surface area contributed by atoms with E-state index in [9.17, 15) is 4.79 Å². The fourth-order valence-electron chi connectivity index (χ4n) is 2.46. The lowest BCUT2D eigenvalue weighted by molar-refractivity contribution is 0.0992. The van der Waals surface area contributed by atoms with Crippen molar-refractivity contribution in [3.05, 3.63) is 77.5 Å². The van der Waals surface area contributed by atoms with Gasteiger partial charge in [-0.25, -0.2) is 0 Å². The van der Waals surface area contributed by atoms with Crippen LogP contribution in [-0.2, 0) is 6.42 Å². The number of fused-ring (bicyclic) bond motifs is 1. The van der Waals surface area contributed by atoms with E-state index in [2.05, 4.69) is 4.98 Å². The average molecular weight is 261 g/mol. The third-order valence-corrected chi connectivity index (χ3v) is 3.54. The number of aryl methyl sites for hydroxylation is 1. The summed E-state index contributed by atoms with van der Waals surface area (Å²) in [5.41, 5.74) is 3.79. The van der Waals surface area contributed by atoms with Crippen molar-refractivity contribution in [2.24, 2.45) is 0 Å². The Hall–Kier alpha value is -2.48. The highest BCUT2D eigenvalue weighted by Crippen LogP contribution is 2.19. The van der Waals surface area contributed by atoms with Crippen LogP contribution in [0.25, 0.3) is 10.9 Å². The number of carbonyl (C=O) groups excluding carboxylic acids is 1. The van der Waals surface area contributed by atoms with Crippen molar-refractivity contribution in [2.75, 3.05) is 0 Å². The molecular weight excluding hydrogens is 246 g/mol. The van der Waals surface area contributed by atoms with Crippen molar-refractivity contribution in [1.29, 1.82) is 0 Å². The van der Waals surface area contributed by atoms with Crippen LogP contribution in [0.4, 0.5) is 0 Å². The van der Waals surface area contributed by atoms with E-state index >= 15 is 0 Å². The van der Waals surface area contributed by atoms with E-state index in [0.29, 0.717) is 6.42 Å². The molecule has 0 spiro atoms. The van der Waals surface area contributed by atoms with Gasteiger partial charge >= 0.3 is 0 Å². The molecule has 0 saturated carbocycles. The summed E-state index contributed by atoms with van der Waals surface area (Å²) < 4.78 is 0. The van der Waals surface area contributed by atoms with Crippen LogP contribution in [0.3, 0.4) is 0 Å². The molecule has 1 heterocycles.